The molecule has 0 aliphatic rings. The number of hydrogen-bond donors (Lipinski definition) is 3. The van der Waals surface area contributed by atoms with Crippen molar-refractivity contribution in [1.29, 1.82) is 0 Å². The van der Waals surface area contributed by atoms with Crippen LogP contribution in [0.25, 0.3) is 10.9 Å². The Balaban J connectivity index is 1.39. The molecule has 0 unspecified atom stereocenters. The molecular formula is C22H21N5O. The molecule has 6 nitrogen and oxygen atoms in total. The number of aryl methyl sites for hydroxylation is 1. The summed E-state index contributed by atoms with van der Waals surface area (Å²) in [6.45, 7) is 2.69. The van der Waals surface area contributed by atoms with E-state index in [0.29, 0.717) is 18.1 Å². The highest BCUT2D eigenvalue weighted by atomic mass is 16.1. The number of H-pyrrole nitrogens is 1. The van der Waals surface area contributed by atoms with Crippen LogP contribution in [0.2, 0.25) is 0 Å². The van der Waals surface area contributed by atoms with Crippen molar-refractivity contribution in [3.05, 3.63) is 83.9 Å². The van der Waals surface area contributed by atoms with Crippen molar-refractivity contribution in [2.75, 3.05) is 17.2 Å². The molecule has 0 bridgehead atoms. The minimum absolute atomic E-state index is 0.257. The monoisotopic (exact) mass is 371 g/mol. The maximum Gasteiger partial charge on any atom is 0.274 e. The number of nitrogens with zero attached hydrogens (tertiary/aromatic N) is 2. The molecule has 4 aromatic rings. The molecule has 0 aliphatic heterocycles. The van der Waals surface area contributed by atoms with Crippen LogP contribution >= 0.6 is 0 Å². The highest BCUT2D eigenvalue weighted by Gasteiger charge is 2.10. The second kappa shape index (κ2) is 7.92. The predicted octanol–water partition coefficient (Wildman–Crippen LogP) is 4.17. The smallest absolute Gasteiger partial charge is 0.274 e. The summed E-state index contributed by atoms with van der Waals surface area (Å²) in [6, 6.07) is 17.6. The van der Waals surface area contributed by atoms with Crippen LogP contribution < -0.4 is 10.6 Å². The standard InChI is InChI=1S/C22H21N5O/c1-15-5-4-6-17(11-15)27-22(28)20-12-21(26-14-25-20)23-10-9-16-13-24-19-8-3-2-7-18(16)19/h2-8,11-14,24H,9-10H2,1H3,(H,27,28)(H,23,25,26). The molecule has 6 heteroatoms. The molecule has 0 radical (unpaired) electrons. The number of benzene rings is 2. The first-order chi connectivity index (χ1) is 13.7. The lowest BCUT2D eigenvalue weighted by Gasteiger charge is -2.08. The maximum absolute atomic E-state index is 12.5. The number of para-hydroxylation sites is 1. The number of carbonyl (C=O) groups excluding carboxylic acids is 1. The fraction of sp³-hybridized carbons (Fsp3) is 0.136. The molecule has 0 atom stereocenters. The van der Waals surface area contributed by atoms with Gasteiger partial charge in [-0.2, -0.15) is 0 Å². The van der Waals surface area contributed by atoms with E-state index in [1.54, 1.807) is 6.07 Å². The molecule has 28 heavy (non-hydrogen) atoms. The zero-order valence-electron chi connectivity index (χ0n) is 15.6. The lowest BCUT2D eigenvalue weighted by molar-refractivity contribution is 0.102. The second-order valence-electron chi connectivity index (χ2n) is 6.65. The molecule has 0 saturated carbocycles. The summed E-state index contributed by atoms with van der Waals surface area (Å²) in [7, 11) is 0. The van der Waals surface area contributed by atoms with E-state index in [-0.39, 0.29) is 5.91 Å². The maximum atomic E-state index is 12.5. The fourth-order valence-corrected chi connectivity index (χ4v) is 3.16. The van der Waals surface area contributed by atoms with Gasteiger partial charge in [0.25, 0.3) is 5.91 Å². The van der Waals surface area contributed by atoms with Crippen LogP contribution in [0.4, 0.5) is 11.5 Å². The van der Waals surface area contributed by atoms with E-state index in [4.69, 9.17) is 0 Å². The highest BCUT2D eigenvalue weighted by Crippen LogP contribution is 2.18. The molecule has 0 aliphatic carbocycles. The van der Waals surface area contributed by atoms with Crippen molar-refractivity contribution >= 4 is 28.3 Å². The molecule has 2 aromatic carbocycles. The molecular weight excluding hydrogens is 350 g/mol. The van der Waals surface area contributed by atoms with Crippen molar-refractivity contribution < 1.29 is 4.79 Å². The van der Waals surface area contributed by atoms with Crippen LogP contribution in [0, 0.1) is 6.92 Å². The summed E-state index contributed by atoms with van der Waals surface area (Å²) < 4.78 is 0. The van der Waals surface area contributed by atoms with Gasteiger partial charge in [-0.15, -0.1) is 0 Å². The van der Waals surface area contributed by atoms with Gasteiger partial charge in [-0.3, -0.25) is 4.79 Å². The number of amides is 1. The van der Waals surface area contributed by atoms with E-state index in [9.17, 15) is 4.79 Å². The minimum Gasteiger partial charge on any atom is -0.370 e. The van der Waals surface area contributed by atoms with Crippen molar-refractivity contribution in [3.8, 4) is 0 Å². The Morgan fingerprint density at radius 2 is 1.96 bits per heavy atom. The second-order valence-corrected chi connectivity index (χ2v) is 6.65. The average Bonchev–Trinajstić information content (AvgIpc) is 3.11. The van der Waals surface area contributed by atoms with Crippen LogP contribution in [0.5, 0.6) is 0 Å². The molecule has 140 valence electrons. The zero-order valence-corrected chi connectivity index (χ0v) is 15.6. The fourth-order valence-electron chi connectivity index (χ4n) is 3.16. The van der Waals surface area contributed by atoms with E-state index >= 15 is 0 Å². The zero-order chi connectivity index (χ0) is 19.3. The largest absolute Gasteiger partial charge is 0.370 e. The van der Waals surface area contributed by atoms with E-state index in [1.165, 1.54) is 17.3 Å². The SMILES string of the molecule is Cc1cccc(NC(=O)c2cc(NCCc3c[nH]c4ccccc34)ncn2)c1. The summed E-state index contributed by atoms with van der Waals surface area (Å²) in [6.07, 6.45) is 4.28. The normalized spacial score (nSPS) is 10.8. The molecule has 4 rings (SSSR count). The summed E-state index contributed by atoms with van der Waals surface area (Å²) in [4.78, 5) is 24.0. The van der Waals surface area contributed by atoms with Crippen molar-refractivity contribution in [2.45, 2.75) is 13.3 Å². The van der Waals surface area contributed by atoms with E-state index in [0.717, 1.165) is 23.2 Å². The van der Waals surface area contributed by atoms with Crippen molar-refractivity contribution in [1.82, 2.24) is 15.0 Å². The summed E-state index contributed by atoms with van der Waals surface area (Å²) in [5.41, 5.74) is 4.54. The van der Waals surface area contributed by atoms with Crippen molar-refractivity contribution in [3.63, 3.8) is 0 Å². The molecule has 0 spiro atoms. The Morgan fingerprint density at radius 1 is 1.07 bits per heavy atom. The third kappa shape index (κ3) is 4.01. The van der Waals surface area contributed by atoms with Gasteiger partial charge in [0.05, 0.1) is 0 Å². The van der Waals surface area contributed by atoms with Crippen LogP contribution in [0.15, 0.2) is 67.1 Å². The number of hydrogen-bond acceptors (Lipinski definition) is 4. The first-order valence-corrected chi connectivity index (χ1v) is 9.18. The summed E-state index contributed by atoms with van der Waals surface area (Å²) in [5, 5.41) is 7.36. The number of rotatable bonds is 6. The van der Waals surface area contributed by atoms with Gasteiger partial charge in [-0.1, -0.05) is 30.3 Å². The summed E-state index contributed by atoms with van der Waals surface area (Å²) in [5.74, 6) is 0.372. The topological polar surface area (TPSA) is 82.7 Å². The Kier molecular flexibility index (Phi) is 5.01. The van der Waals surface area contributed by atoms with Gasteiger partial charge in [-0.25, -0.2) is 9.97 Å². The third-order valence-electron chi connectivity index (χ3n) is 4.55. The number of aromatic nitrogens is 3. The molecule has 0 saturated heterocycles. The third-order valence-corrected chi connectivity index (χ3v) is 4.55. The Labute approximate surface area is 163 Å². The van der Waals surface area contributed by atoms with Crippen LogP contribution in [0.3, 0.4) is 0 Å². The highest BCUT2D eigenvalue weighted by molar-refractivity contribution is 6.03. The Hall–Kier alpha value is -3.67. The van der Waals surface area contributed by atoms with Crippen LogP contribution in [-0.2, 0) is 6.42 Å². The average molecular weight is 371 g/mol. The van der Waals surface area contributed by atoms with Gasteiger partial charge in [0.15, 0.2) is 0 Å². The van der Waals surface area contributed by atoms with Crippen LogP contribution in [-0.4, -0.2) is 27.4 Å². The van der Waals surface area contributed by atoms with E-state index in [2.05, 4.69) is 37.7 Å². The molecule has 1 amide bonds. The van der Waals surface area contributed by atoms with Gasteiger partial charge in [0.2, 0.25) is 0 Å². The van der Waals surface area contributed by atoms with Gasteiger partial charge < -0.3 is 15.6 Å². The number of aromatic amines is 1. The predicted molar refractivity (Wildman–Crippen MR) is 112 cm³/mol. The minimum atomic E-state index is -0.257. The molecule has 3 N–H and O–H groups in total. The first kappa shape index (κ1) is 17.7. The van der Waals surface area contributed by atoms with Gasteiger partial charge in [0.1, 0.15) is 17.8 Å². The molecule has 2 heterocycles. The van der Waals surface area contributed by atoms with E-state index < -0.39 is 0 Å². The van der Waals surface area contributed by atoms with Gasteiger partial charge >= 0.3 is 0 Å². The lowest BCUT2D eigenvalue weighted by Crippen LogP contribution is -2.15. The number of fused-ring (bicyclic) bond motifs is 1. The van der Waals surface area contributed by atoms with Crippen molar-refractivity contribution in [2.24, 2.45) is 0 Å². The summed E-state index contributed by atoms with van der Waals surface area (Å²) >= 11 is 0. The van der Waals surface area contributed by atoms with Crippen LogP contribution in [0.1, 0.15) is 21.6 Å². The quantitative estimate of drug-likeness (QED) is 0.475. The Morgan fingerprint density at radius 3 is 2.86 bits per heavy atom. The van der Waals surface area contributed by atoms with Gasteiger partial charge in [-0.05, 0) is 42.7 Å². The number of carbonyl (C=O) groups is 1. The number of anilines is 2. The first-order valence-electron chi connectivity index (χ1n) is 9.18. The van der Waals surface area contributed by atoms with E-state index in [1.807, 2.05) is 49.5 Å². The van der Waals surface area contributed by atoms with Gasteiger partial charge in [0, 0.05) is 35.4 Å². The Bertz CT molecular complexity index is 1120. The molecule has 2 aromatic heterocycles. The molecule has 0 fully saturated rings. The number of nitrogens with one attached hydrogen (secondary N) is 3. The lowest BCUT2D eigenvalue weighted by atomic mass is 10.1.